The SMILES string of the molecule is CC(=O)N1c2ccccc2NC(C#N)CC1C. The van der Waals surface area contributed by atoms with Crippen molar-refractivity contribution in [3.8, 4) is 6.07 Å². The highest BCUT2D eigenvalue weighted by atomic mass is 16.2. The van der Waals surface area contributed by atoms with E-state index >= 15 is 0 Å². The molecule has 1 heterocycles. The molecule has 0 aromatic heterocycles. The minimum Gasteiger partial charge on any atom is -0.368 e. The molecule has 4 heteroatoms. The van der Waals surface area contributed by atoms with Gasteiger partial charge in [-0.15, -0.1) is 0 Å². The molecule has 1 amide bonds. The number of hydrogen-bond donors (Lipinski definition) is 1. The van der Waals surface area contributed by atoms with E-state index in [9.17, 15) is 4.79 Å². The van der Waals surface area contributed by atoms with Gasteiger partial charge in [0.1, 0.15) is 6.04 Å². The summed E-state index contributed by atoms with van der Waals surface area (Å²) in [6, 6.07) is 9.59. The summed E-state index contributed by atoms with van der Waals surface area (Å²) in [4.78, 5) is 13.5. The van der Waals surface area contributed by atoms with Crippen LogP contribution in [0.5, 0.6) is 0 Å². The van der Waals surface area contributed by atoms with E-state index in [2.05, 4.69) is 11.4 Å². The number of carbonyl (C=O) groups is 1. The average Bonchev–Trinajstić information content (AvgIpc) is 2.44. The van der Waals surface area contributed by atoms with E-state index in [1.54, 1.807) is 11.8 Å². The molecule has 0 radical (unpaired) electrons. The lowest BCUT2D eigenvalue weighted by atomic mass is 10.1. The summed E-state index contributed by atoms with van der Waals surface area (Å²) in [6.45, 7) is 3.52. The Morgan fingerprint density at radius 2 is 2.24 bits per heavy atom. The third-order valence-electron chi connectivity index (χ3n) is 3.01. The van der Waals surface area contributed by atoms with Crippen LogP contribution in [0.4, 0.5) is 11.4 Å². The molecule has 0 saturated carbocycles. The number of nitriles is 1. The summed E-state index contributed by atoms with van der Waals surface area (Å²) in [5.74, 6) is 0.00494. The second kappa shape index (κ2) is 4.46. The zero-order chi connectivity index (χ0) is 12.4. The van der Waals surface area contributed by atoms with Crippen molar-refractivity contribution in [1.29, 1.82) is 5.26 Å². The highest BCUT2D eigenvalue weighted by Crippen LogP contribution is 2.32. The predicted molar refractivity (Wildman–Crippen MR) is 66.7 cm³/mol. The Morgan fingerprint density at radius 3 is 2.88 bits per heavy atom. The van der Waals surface area contributed by atoms with E-state index in [1.165, 1.54) is 0 Å². The van der Waals surface area contributed by atoms with Gasteiger partial charge in [0.15, 0.2) is 0 Å². The van der Waals surface area contributed by atoms with Crippen LogP contribution in [0, 0.1) is 11.3 Å². The topological polar surface area (TPSA) is 56.1 Å². The van der Waals surface area contributed by atoms with Gasteiger partial charge in [-0.3, -0.25) is 4.79 Å². The number of nitrogens with one attached hydrogen (secondary N) is 1. The molecule has 1 aromatic carbocycles. The fourth-order valence-corrected chi connectivity index (χ4v) is 2.30. The Bertz CT molecular complexity index is 478. The average molecular weight is 229 g/mol. The summed E-state index contributed by atoms with van der Waals surface area (Å²) in [5, 5.41) is 12.2. The molecule has 2 atom stereocenters. The maximum atomic E-state index is 11.7. The normalized spacial score (nSPS) is 23.0. The van der Waals surface area contributed by atoms with E-state index in [0.717, 1.165) is 11.4 Å². The van der Waals surface area contributed by atoms with Gasteiger partial charge in [-0.1, -0.05) is 12.1 Å². The van der Waals surface area contributed by atoms with Crippen LogP contribution in [-0.2, 0) is 4.79 Å². The molecule has 0 saturated heterocycles. The summed E-state index contributed by atoms with van der Waals surface area (Å²) >= 11 is 0. The molecular formula is C13H15N3O. The molecule has 1 aliphatic rings. The number of benzene rings is 1. The van der Waals surface area contributed by atoms with Crippen LogP contribution in [0.15, 0.2) is 24.3 Å². The van der Waals surface area contributed by atoms with Gasteiger partial charge in [0.25, 0.3) is 0 Å². The number of nitrogens with zero attached hydrogens (tertiary/aromatic N) is 2. The molecule has 1 aliphatic heterocycles. The fraction of sp³-hybridized carbons (Fsp3) is 0.385. The third kappa shape index (κ3) is 2.09. The van der Waals surface area contributed by atoms with Gasteiger partial charge in [0.05, 0.1) is 17.4 Å². The lowest BCUT2D eigenvalue weighted by Gasteiger charge is -2.26. The lowest BCUT2D eigenvalue weighted by molar-refractivity contribution is -0.117. The molecule has 88 valence electrons. The van der Waals surface area contributed by atoms with Crippen LogP contribution in [-0.4, -0.2) is 18.0 Å². The van der Waals surface area contributed by atoms with E-state index in [-0.39, 0.29) is 18.0 Å². The first-order valence-corrected chi connectivity index (χ1v) is 5.68. The van der Waals surface area contributed by atoms with Gasteiger partial charge in [-0.2, -0.15) is 5.26 Å². The fourth-order valence-electron chi connectivity index (χ4n) is 2.30. The van der Waals surface area contributed by atoms with Crippen molar-refractivity contribution in [2.45, 2.75) is 32.4 Å². The first-order valence-electron chi connectivity index (χ1n) is 5.68. The molecule has 4 nitrogen and oxygen atoms in total. The van der Waals surface area contributed by atoms with Crippen LogP contribution >= 0.6 is 0 Å². The number of amides is 1. The number of para-hydroxylation sites is 2. The molecule has 1 aromatic rings. The van der Waals surface area contributed by atoms with Crippen molar-refractivity contribution in [2.75, 3.05) is 10.2 Å². The number of anilines is 2. The summed E-state index contributed by atoms with van der Waals surface area (Å²) in [6.07, 6.45) is 0.630. The van der Waals surface area contributed by atoms with Gasteiger partial charge in [-0.05, 0) is 19.1 Å². The smallest absolute Gasteiger partial charge is 0.224 e. The van der Waals surface area contributed by atoms with Gasteiger partial charge >= 0.3 is 0 Å². The number of carbonyl (C=O) groups excluding carboxylic acids is 1. The highest BCUT2D eigenvalue weighted by molar-refractivity contribution is 5.96. The van der Waals surface area contributed by atoms with Crippen molar-refractivity contribution in [2.24, 2.45) is 0 Å². The van der Waals surface area contributed by atoms with E-state index in [4.69, 9.17) is 5.26 Å². The van der Waals surface area contributed by atoms with Gasteiger partial charge in [0.2, 0.25) is 5.91 Å². The van der Waals surface area contributed by atoms with Gasteiger partial charge in [-0.25, -0.2) is 0 Å². The maximum absolute atomic E-state index is 11.7. The minimum atomic E-state index is -0.254. The second-order valence-corrected chi connectivity index (χ2v) is 4.32. The van der Waals surface area contributed by atoms with Crippen molar-refractivity contribution >= 4 is 17.3 Å². The second-order valence-electron chi connectivity index (χ2n) is 4.32. The quantitative estimate of drug-likeness (QED) is 0.741. The molecule has 0 spiro atoms. The van der Waals surface area contributed by atoms with Crippen LogP contribution in [0.1, 0.15) is 20.3 Å². The predicted octanol–water partition coefficient (Wildman–Crippen LogP) is 2.14. The van der Waals surface area contributed by atoms with Gasteiger partial charge < -0.3 is 10.2 Å². The zero-order valence-corrected chi connectivity index (χ0v) is 9.97. The number of rotatable bonds is 0. The third-order valence-corrected chi connectivity index (χ3v) is 3.01. The molecule has 0 aliphatic carbocycles. The standard InChI is InChI=1S/C13H15N3O/c1-9-7-11(8-14)15-12-5-3-4-6-13(12)16(9)10(2)17/h3-6,9,11,15H,7H2,1-2H3. The summed E-state index contributed by atoms with van der Waals surface area (Å²) in [7, 11) is 0. The zero-order valence-electron chi connectivity index (χ0n) is 9.97. The monoisotopic (exact) mass is 229 g/mol. The van der Waals surface area contributed by atoms with Crippen molar-refractivity contribution in [3.63, 3.8) is 0 Å². The van der Waals surface area contributed by atoms with Crippen LogP contribution in [0.2, 0.25) is 0 Å². The Morgan fingerprint density at radius 1 is 1.53 bits per heavy atom. The summed E-state index contributed by atoms with van der Waals surface area (Å²) < 4.78 is 0. The van der Waals surface area contributed by atoms with Crippen molar-refractivity contribution in [1.82, 2.24) is 0 Å². The van der Waals surface area contributed by atoms with Crippen LogP contribution in [0.25, 0.3) is 0 Å². The number of fused-ring (bicyclic) bond motifs is 1. The van der Waals surface area contributed by atoms with Crippen LogP contribution in [0.3, 0.4) is 0 Å². The first kappa shape index (κ1) is 11.5. The summed E-state index contributed by atoms with van der Waals surface area (Å²) in [5.41, 5.74) is 1.70. The lowest BCUT2D eigenvalue weighted by Crippen LogP contribution is -2.37. The van der Waals surface area contributed by atoms with Crippen molar-refractivity contribution in [3.05, 3.63) is 24.3 Å². The molecule has 2 unspecified atom stereocenters. The molecular weight excluding hydrogens is 214 g/mol. The van der Waals surface area contributed by atoms with E-state index in [1.807, 2.05) is 31.2 Å². The van der Waals surface area contributed by atoms with Gasteiger partial charge in [0, 0.05) is 19.4 Å². The van der Waals surface area contributed by atoms with Crippen molar-refractivity contribution < 1.29 is 4.79 Å². The minimum absolute atomic E-state index is 0.00494. The van der Waals surface area contributed by atoms with E-state index in [0.29, 0.717) is 6.42 Å². The molecule has 17 heavy (non-hydrogen) atoms. The van der Waals surface area contributed by atoms with E-state index < -0.39 is 0 Å². The molecule has 0 fully saturated rings. The number of hydrogen-bond acceptors (Lipinski definition) is 3. The Balaban J connectivity index is 2.50. The molecule has 2 rings (SSSR count). The van der Waals surface area contributed by atoms with Crippen LogP contribution < -0.4 is 10.2 Å². The Kier molecular flexibility index (Phi) is 3.01. The Labute approximate surface area is 101 Å². The maximum Gasteiger partial charge on any atom is 0.224 e. The first-order chi connectivity index (χ1) is 8.13. The largest absolute Gasteiger partial charge is 0.368 e. The highest BCUT2D eigenvalue weighted by Gasteiger charge is 2.28. The molecule has 0 bridgehead atoms. The Hall–Kier alpha value is -2.02. The molecule has 1 N–H and O–H groups in total.